The van der Waals surface area contributed by atoms with Crippen molar-refractivity contribution in [2.45, 2.75) is 50.2 Å². The van der Waals surface area contributed by atoms with Gasteiger partial charge in [0.15, 0.2) is 0 Å². The molecule has 84 valence electrons. The van der Waals surface area contributed by atoms with E-state index in [0.717, 1.165) is 0 Å². The molecule has 0 saturated heterocycles. The Morgan fingerprint density at radius 2 is 1.87 bits per heavy atom. The average Bonchev–Trinajstić information content (AvgIpc) is 2.94. The van der Waals surface area contributed by atoms with Crippen LogP contribution in [0.2, 0.25) is 0 Å². The van der Waals surface area contributed by atoms with Crippen molar-refractivity contribution < 1.29 is 9.59 Å². The van der Waals surface area contributed by atoms with E-state index < -0.39 is 0 Å². The quantitative estimate of drug-likeness (QED) is 0.691. The molecule has 0 aliphatic heterocycles. The Hall–Kier alpha value is -0.310. The summed E-state index contributed by atoms with van der Waals surface area (Å²) in [5.74, 6) is 1.85. The molecule has 0 spiro atoms. The number of carbonyl (C=O) groups is 2. The molecule has 0 atom stereocenters. The van der Waals surface area contributed by atoms with E-state index in [1.165, 1.54) is 25.0 Å². The predicted molar refractivity (Wildman–Crippen MR) is 62.1 cm³/mol. The fourth-order valence-corrected chi connectivity index (χ4v) is 3.86. The van der Waals surface area contributed by atoms with E-state index in [1.54, 1.807) is 0 Å². The third kappa shape index (κ3) is 2.44. The summed E-state index contributed by atoms with van der Waals surface area (Å²) in [7, 11) is 0. The van der Waals surface area contributed by atoms with E-state index in [-0.39, 0.29) is 18.0 Å². The summed E-state index contributed by atoms with van der Waals surface area (Å²) in [5, 5.41) is 0. The predicted octanol–water partition coefficient (Wildman–Crippen LogP) is 2.60. The highest BCUT2D eigenvalue weighted by Crippen LogP contribution is 2.57. The summed E-state index contributed by atoms with van der Waals surface area (Å²) >= 11 is 2.00. The SMILES string of the molecule is CCCSC1(C2CC(=O)CC(=O)C2)CC1. The molecule has 0 bridgehead atoms. The Kier molecular flexibility index (Phi) is 3.19. The van der Waals surface area contributed by atoms with E-state index in [2.05, 4.69) is 6.92 Å². The van der Waals surface area contributed by atoms with Gasteiger partial charge in [-0.2, -0.15) is 11.8 Å². The highest BCUT2D eigenvalue weighted by atomic mass is 32.2. The number of hydrogen-bond acceptors (Lipinski definition) is 3. The van der Waals surface area contributed by atoms with Gasteiger partial charge in [-0.3, -0.25) is 9.59 Å². The van der Waals surface area contributed by atoms with Crippen molar-refractivity contribution in [3.05, 3.63) is 0 Å². The zero-order valence-electron chi connectivity index (χ0n) is 9.25. The molecule has 15 heavy (non-hydrogen) atoms. The zero-order valence-corrected chi connectivity index (χ0v) is 10.1. The molecule has 3 heteroatoms. The molecule has 0 radical (unpaired) electrons. The van der Waals surface area contributed by atoms with E-state index in [0.29, 0.717) is 23.5 Å². The first-order valence-corrected chi connectivity index (χ1v) is 6.82. The molecule has 2 aliphatic rings. The minimum atomic E-state index is 0.166. The van der Waals surface area contributed by atoms with Crippen LogP contribution in [0.15, 0.2) is 0 Å². The van der Waals surface area contributed by atoms with Crippen molar-refractivity contribution in [1.29, 1.82) is 0 Å². The van der Waals surface area contributed by atoms with Crippen molar-refractivity contribution in [3.63, 3.8) is 0 Å². The monoisotopic (exact) mass is 226 g/mol. The zero-order chi connectivity index (χ0) is 10.9. The normalized spacial score (nSPS) is 25.7. The molecular formula is C12H18O2S. The third-order valence-electron chi connectivity index (χ3n) is 3.42. The number of rotatable bonds is 4. The Labute approximate surface area is 95.2 Å². The second-order valence-electron chi connectivity index (χ2n) is 4.77. The van der Waals surface area contributed by atoms with Crippen LogP contribution < -0.4 is 0 Å². The van der Waals surface area contributed by atoms with E-state index in [4.69, 9.17) is 0 Å². The molecule has 0 aromatic carbocycles. The smallest absolute Gasteiger partial charge is 0.140 e. The van der Waals surface area contributed by atoms with Crippen LogP contribution in [0.25, 0.3) is 0 Å². The molecule has 2 saturated carbocycles. The van der Waals surface area contributed by atoms with Gasteiger partial charge in [0.2, 0.25) is 0 Å². The molecule has 0 aromatic rings. The van der Waals surface area contributed by atoms with Gasteiger partial charge in [0, 0.05) is 17.6 Å². The Bertz CT molecular complexity index is 265. The molecule has 2 aliphatic carbocycles. The highest BCUT2D eigenvalue weighted by molar-refractivity contribution is 8.00. The highest BCUT2D eigenvalue weighted by Gasteiger charge is 2.51. The summed E-state index contributed by atoms with van der Waals surface area (Å²) in [6, 6.07) is 0. The van der Waals surface area contributed by atoms with Gasteiger partial charge in [-0.05, 0) is 30.9 Å². The van der Waals surface area contributed by atoms with Crippen molar-refractivity contribution >= 4 is 23.3 Å². The Morgan fingerprint density at radius 3 is 2.33 bits per heavy atom. The van der Waals surface area contributed by atoms with Crippen LogP contribution in [0.1, 0.15) is 45.4 Å². The van der Waals surface area contributed by atoms with Crippen LogP contribution in [0, 0.1) is 5.92 Å². The summed E-state index contributed by atoms with van der Waals surface area (Å²) in [6.45, 7) is 2.18. The Morgan fingerprint density at radius 1 is 1.27 bits per heavy atom. The van der Waals surface area contributed by atoms with Crippen molar-refractivity contribution in [3.8, 4) is 0 Å². The maximum absolute atomic E-state index is 11.4. The average molecular weight is 226 g/mol. The lowest BCUT2D eigenvalue weighted by Crippen LogP contribution is -2.31. The molecule has 0 unspecified atom stereocenters. The Balaban J connectivity index is 1.97. The first kappa shape index (κ1) is 11.2. The van der Waals surface area contributed by atoms with Crippen LogP contribution in [0.3, 0.4) is 0 Å². The summed E-state index contributed by atoms with van der Waals surface area (Å²) in [4.78, 5) is 22.8. The molecule has 0 heterocycles. The van der Waals surface area contributed by atoms with Crippen LogP contribution in [-0.4, -0.2) is 22.1 Å². The van der Waals surface area contributed by atoms with Crippen molar-refractivity contribution in [2.24, 2.45) is 5.92 Å². The number of ketones is 2. The van der Waals surface area contributed by atoms with E-state index >= 15 is 0 Å². The number of hydrogen-bond donors (Lipinski definition) is 0. The van der Waals surface area contributed by atoms with Gasteiger partial charge in [0.05, 0.1) is 6.42 Å². The number of Topliss-reactive ketones (excluding diaryl/α,β-unsaturated/α-hetero) is 2. The lowest BCUT2D eigenvalue weighted by atomic mass is 9.84. The van der Waals surface area contributed by atoms with Gasteiger partial charge < -0.3 is 0 Å². The molecule has 2 fully saturated rings. The van der Waals surface area contributed by atoms with Crippen LogP contribution in [-0.2, 0) is 9.59 Å². The number of carbonyl (C=O) groups excluding carboxylic acids is 2. The van der Waals surface area contributed by atoms with Gasteiger partial charge in [-0.25, -0.2) is 0 Å². The van der Waals surface area contributed by atoms with Crippen LogP contribution >= 0.6 is 11.8 Å². The van der Waals surface area contributed by atoms with E-state index in [9.17, 15) is 9.59 Å². The maximum Gasteiger partial charge on any atom is 0.140 e. The van der Waals surface area contributed by atoms with Crippen molar-refractivity contribution in [1.82, 2.24) is 0 Å². The van der Waals surface area contributed by atoms with Gasteiger partial charge in [0.25, 0.3) is 0 Å². The lowest BCUT2D eigenvalue weighted by Gasteiger charge is -2.28. The first-order valence-electron chi connectivity index (χ1n) is 5.83. The maximum atomic E-state index is 11.4. The molecule has 2 nitrogen and oxygen atoms in total. The van der Waals surface area contributed by atoms with Gasteiger partial charge in [-0.15, -0.1) is 0 Å². The van der Waals surface area contributed by atoms with Crippen LogP contribution in [0.4, 0.5) is 0 Å². The fourth-order valence-electron chi connectivity index (χ4n) is 2.46. The minimum Gasteiger partial charge on any atom is -0.299 e. The summed E-state index contributed by atoms with van der Waals surface area (Å²) in [5.41, 5.74) is 0. The third-order valence-corrected chi connectivity index (χ3v) is 5.35. The molecule has 0 amide bonds. The second-order valence-corrected chi connectivity index (χ2v) is 6.28. The minimum absolute atomic E-state index is 0.166. The standard InChI is InChI=1S/C12H18O2S/c1-2-5-15-12(3-4-12)9-6-10(13)8-11(14)7-9/h9H,2-8H2,1H3. The first-order chi connectivity index (χ1) is 7.16. The largest absolute Gasteiger partial charge is 0.299 e. The molecule has 0 N–H and O–H groups in total. The molecule has 0 aromatic heterocycles. The second kappa shape index (κ2) is 4.28. The summed E-state index contributed by atoms with van der Waals surface area (Å²) < 4.78 is 0.307. The van der Waals surface area contributed by atoms with Gasteiger partial charge in [-0.1, -0.05) is 6.92 Å². The molecular weight excluding hydrogens is 208 g/mol. The lowest BCUT2D eigenvalue weighted by molar-refractivity contribution is -0.131. The fraction of sp³-hybridized carbons (Fsp3) is 0.833. The van der Waals surface area contributed by atoms with Gasteiger partial charge >= 0.3 is 0 Å². The van der Waals surface area contributed by atoms with Crippen molar-refractivity contribution in [2.75, 3.05) is 5.75 Å². The van der Waals surface area contributed by atoms with Crippen LogP contribution in [0.5, 0.6) is 0 Å². The van der Waals surface area contributed by atoms with Gasteiger partial charge in [0.1, 0.15) is 11.6 Å². The topological polar surface area (TPSA) is 34.1 Å². The molecule has 2 rings (SSSR count). The summed E-state index contributed by atoms with van der Waals surface area (Å²) in [6.07, 6.45) is 5.11. The number of thioether (sulfide) groups is 1. The van der Waals surface area contributed by atoms with E-state index in [1.807, 2.05) is 11.8 Å².